The van der Waals surface area contributed by atoms with Gasteiger partial charge in [-0.15, -0.1) is 0 Å². The summed E-state index contributed by atoms with van der Waals surface area (Å²) in [5.74, 6) is 0.186. The van der Waals surface area contributed by atoms with Crippen LogP contribution in [0.3, 0.4) is 0 Å². The van der Waals surface area contributed by atoms with E-state index in [4.69, 9.17) is 0 Å². The third kappa shape index (κ3) is 0.836. The van der Waals surface area contributed by atoms with E-state index in [0.29, 0.717) is 0 Å². The first-order valence-corrected chi connectivity index (χ1v) is 5.64. The molecule has 14 heavy (non-hydrogen) atoms. The summed E-state index contributed by atoms with van der Waals surface area (Å²) in [7, 11) is 0. The number of anilines is 1. The van der Waals surface area contributed by atoms with E-state index in [2.05, 4.69) is 21.2 Å². The first kappa shape index (κ1) is 8.48. The predicted octanol–water partition coefficient (Wildman–Crippen LogP) is 2.82. The highest BCUT2D eigenvalue weighted by Gasteiger charge is 2.51. The van der Waals surface area contributed by atoms with Gasteiger partial charge in [0, 0.05) is 15.7 Å². The van der Waals surface area contributed by atoms with E-state index >= 15 is 0 Å². The first-order chi connectivity index (χ1) is 6.74. The highest BCUT2D eigenvalue weighted by atomic mass is 79.9. The van der Waals surface area contributed by atoms with Crippen molar-refractivity contribution in [2.45, 2.75) is 24.7 Å². The quantitative estimate of drug-likeness (QED) is 0.755. The molecule has 3 rings (SSSR count). The Morgan fingerprint density at radius 3 is 2.79 bits per heavy atom. The molecule has 0 atom stereocenters. The molecule has 1 fully saturated rings. The molecule has 1 saturated carbocycles. The summed E-state index contributed by atoms with van der Waals surface area (Å²) >= 11 is 3.53. The average molecular weight is 252 g/mol. The van der Waals surface area contributed by atoms with Crippen LogP contribution in [-0.2, 0) is 10.2 Å². The zero-order valence-corrected chi connectivity index (χ0v) is 9.23. The zero-order valence-electron chi connectivity index (χ0n) is 7.64. The zero-order chi connectivity index (χ0) is 9.76. The van der Waals surface area contributed by atoms with Crippen molar-refractivity contribution in [3.63, 3.8) is 0 Å². The van der Waals surface area contributed by atoms with Gasteiger partial charge in [-0.2, -0.15) is 0 Å². The molecule has 1 aliphatic carbocycles. The SMILES string of the molecule is O=C1Nc2cccc(Br)c2C12CCC2. The standard InChI is InChI=1S/C11H10BrNO/c12-7-3-1-4-8-9(7)11(5-2-6-11)10(14)13-8/h1,3-4H,2,5-6H2,(H,13,14). The van der Waals surface area contributed by atoms with Crippen molar-refractivity contribution in [2.75, 3.05) is 5.32 Å². The number of carbonyl (C=O) groups excluding carboxylic acids is 1. The molecule has 0 saturated heterocycles. The molecule has 3 heteroatoms. The fourth-order valence-corrected chi connectivity index (χ4v) is 3.22. The first-order valence-electron chi connectivity index (χ1n) is 4.84. The van der Waals surface area contributed by atoms with Gasteiger partial charge in [0.1, 0.15) is 0 Å². The van der Waals surface area contributed by atoms with Gasteiger partial charge in [-0.25, -0.2) is 0 Å². The molecule has 2 aliphatic rings. The van der Waals surface area contributed by atoms with Crippen molar-refractivity contribution < 1.29 is 4.79 Å². The minimum atomic E-state index is -0.199. The van der Waals surface area contributed by atoms with Gasteiger partial charge in [0.05, 0.1) is 5.41 Å². The summed E-state index contributed by atoms with van der Waals surface area (Å²) in [6.07, 6.45) is 3.15. The Hall–Kier alpha value is -0.830. The summed E-state index contributed by atoms with van der Waals surface area (Å²) in [5, 5.41) is 2.96. The van der Waals surface area contributed by atoms with Gasteiger partial charge in [-0.05, 0) is 25.0 Å². The number of hydrogen-bond acceptors (Lipinski definition) is 1. The van der Waals surface area contributed by atoms with Gasteiger partial charge in [-0.3, -0.25) is 4.79 Å². The third-order valence-electron chi connectivity index (χ3n) is 3.38. The lowest BCUT2D eigenvalue weighted by Gasteiger charge is -2.36. The second-order valence-corrected chi connectivity index (χ2v) is 4.91. The Kier molecular flexibility index (Phi) is 1.57. The van der Waals surface area contributed by atoms with E-state index in [9.17, 15) is 4.79 Å². The second-order valence-electron chi connectivity index (χ2n) is 4.05. The molecule has 72 valence electrons. The van der Waals surface area contributed by atoms with Gasteiger partial charge in [0.15, 0.2) is 0 Å². The molecule has 1 aliphatic heterocycles. The maximum absolute atomic E-state index is 11.9. The summed E-state index contributed by atoms with van der Waals surface area (Å²) in [6, 6.07) is 5.95. The fraction of sp³-hybridized carbons (Fsp3) is 0.364. The normalized spacial score (nSPS) is 21.6. The molecule has 2 nitrogen and oxygen atoms in total. The molecule has 0 radical (unpaired) electrons. The van der Waals surface area contributed by atoms with Crippen LogP contribution in [0.5, 0.6) is 0 Å². The molecule has 1 N–H and O–H groups in total. The van der Waals surface area contributed by atoms with E-state index in [0.717, 1.165) is 29.4 Å². The molecule has 0 aromatic heterocycles. The van der Waals surface area contributed by atoms with E-state index in [1.807, 2.05) is 18.2 Å². The van der Waals surface area contributed by atoms with Crippen LogP contribution in [0.25, 0.3) is 0 Å². The predicted molar refractivity (Wildman–Crippen MR) is 58.3 cm³/mol. The van der Waals surface area contributed by atoms with E-state index in [1.165, 1.54) is 5.56 Å². The van der Waals surface area contributed by atoms with Crippen LogP contribution >= 0.6 is 15.9 Å². The number of hydrogen-bond donors (Lipinski definition) is 1. The third-order valence-corrected chi connectivity index (χ3v) is 4.04. The van der Waals surface area contributed by atoms with E-state index in [-0.39, 0.29) is 11.3 Å². The molecule has 1 aromatic carbocycles. The van der Waals surface area contributed by atoms with Crippen LogP contribution < -0.4 is 5.32 Å². The van der Waals surface area contributed by atoms with Crippen LogP contribution in [0, 0.1) is 0 Å². The Labute approximate surface area is 90.8 Å². The van der Waals surface area contributed by atoms with Crippen molar-refractivity contribution in [3.05, 3.63) is 28.2 Å². The Morgan fingerprint density at radius 2 is 2.14 bits per heavy atom. The largest absolute Gasteiger partial charge is 0.325 e. The number of halogens is 1. The monoisotopic (exact) mass is 251 g/mol. The maximum Gasteiger partial charge on any atom is 0.235 e. The Bertz CT molecular complexity index is 423. The van der Waals surface area contributed by atoms with Crippen molar-refractivity contribution in [1.82, 2.24) is 0 Å². The van der Waals surface area contributed by atoms with Crippen LogP contribution in [0.15, 0.2) is 22.7 Å². The summed E-state index contributed by atoms with van der Waals surface area (Å²) in [6.45, 7) is 0. The molecule has 1 amide bonds. The van der Waals surface area contributed by atoms with Gasteiger partial charge < -0.3 is 5.32 Å². The number of benzene rings is 1. The van der Waals surface area contributed by atoms with Crippen molar-refractivity contribution in [2.24, 2.45) is 0 Å². The highest BCUT2D eigenvalue weighted by Crippen LogP contribution is 2.53. The Morgan fingerprint density at radius 1 is 1.36 bits per heavy atom. The Balaban J connectivity index is 2.25. The van der Waals surface area contributed by atoms with Gasteiger partial charge in [-0.1, -0.05) is 28.4 Å². The number of carbonyl (C=O) groups is 1. The smallest absolute Gasteiger partial charge is 0.235 e. The van der Waals surface area contributed by atoms with Gasteiger partial charge in [0.25, 0.3) is 0 Å². The minimum absolute atomic E-state index is 0.186. The minimum Gasteiger partial charge on any atom is -0.325 e. The van der Waals surface area contributed by atoms with E-state index in [1.54, 1.807) is 0 Å². The van der Waals surface area contributed by atoms with Crippen LogP contribution in [0.1, 0.15) is 24.8 Å². The molecular weight excluding hydrogens is 242 g/mol. The molecule has 1 heterocycles. The lowest BCUT2D eigenvalue weighted by atomic mass is 9.65. The summed E-state index contributed by atoms with van der Waals surface area (Å²) < 4.78 is 1.06. The molecule has 1 spiro atoms. The number of fused-ring (bicyclic) bond motifs is 2. The number of amides is 1. The van der Waals surface area contributed by atoms with Crippen LogP contribution in [-0.4, -0.2) is 5.91 Å². The summed E-state index contributed by atoms with van der Waals surface area (Å²) in [4.78, 5) is 11.9. The van der Waals surface area contributed by atoms with Crippen molar-refractivity contribution >= 4 is 27.5 Å². The highest BCUT2D eigenvalue weighted by molar-refractivity contribution is 9.10. The molecule has 1 aromatic rings. The maximum atomic E-state index is 11.9. The van der Waals surface area contributed by atoms with Gasteiger partial charge >= 0.3 is 0 Å². The van der Waals surface area contributed by atoms with E-state index < -0.39 is 0 Å². The number of nitrogens with one attached hydrogen (secondary N) is 1. The van der Waals surface area contributed by atoms with Gasteiger partial charge in [0.2, 0.25) is 5.91 Å². The van der Waals surface area contributed by atoms with Crippen LogP contribution in [0.4, 0.5) is 5.69 Å². The topological polar surface area (TPSA) is 29.1 Å². The molecule has 0 bridgehead atoms. The number of rotatable bonds is 0. The summed E-state index contributed by atoms with van der Waals surface area (Å²) in [5.41, 5.74) is 1.97. The molecule has 0 unspecified atom stereocenters. The lowest BCUT2D eigenvalue weighted by Crippen LogP contribution is -2.41. The van der Waals surface area contributed by atoms with Crippen molar-refractivity contribution in [1.29, 1.82) is 0 Å². The lowest BCUT2D eigenvalue weighted by molar-refractivity contribution is -0.123. The molecular formula is C11H10BrNO. The fourth-order valence-electron chi connectivity index (χ4n) is 2.48. The average Bonchev–Trinajstić information content (AvgIpc) is 2.37. The van der Waals surface area contributed by atoms with Crippen molar-refractivity contribution in [3.8, 4) is 0 Å². The second kappa shape index (κ2) is 2.60. The van der Waals surface area contributed by atoms with Crippen LogP contribution in [0.2, 0.25) is 0 Å².